The van der Waals surface area contributed by atoms with E-state index in [1.165, 1.54) is 42.4 Å². The van der Waals surface area contributed by atoms with Gasteiger partial charge in [0.25, 0.3) is 0 Å². The number of rotatable bonds is 10. The highest BCUT2D eigenvalue weighted by atomic mass is 19.1. The first kappa shape index (κ1) is 21.3. The van der Waals surface area contributed by atoms with Crippen LogP contribution in [0.5, 0.6) is 0 Å². The Bertz CT molecular complexity index is 875. The molecule has 0 bridgehead atoms. The maximum Gasteiger partial charge on any atom is 0.131 e. The van der Waals surface area contributed by atoms with Crippen LogP contribution in [0.1, 0.15) is 61.8 Å². The van der Waals surface area contributed by atoms with E-state index in [0.717, 1.165) is 36.8 Å². The predicted molar refractivity (Wildman–Crippen MR) is 123 cm³/mol. The summed E-state index contributed by atoms with van der Waals surface area (Å²) in [7, 11) is 0. The molecule has 0 aliphatic carbocycles. The molecule has 0 aliphatic heterocycles. The van der Waals surface area contributed by atoms with E-state index in [1.807, 2.05) is 6.07 Å². The lowest BCUT2D eigenvalue weighted by Crippen LogP contribution is -1.94. The van der Waals surface area contributed by atoms with Gasteiger partial charge >= 0.3 is 0 Å². The molecule has 0 amide bonds. The molecule has 0 aliphatic rings. The molecule has 1 heteroatoms. The number of unbranched alkanes of at least 4 members (excludes halogenated alkanes) is 2. The summed E-state index contributed by atoms with van der Waals surface area (Å²) in [5.41, 5.74) is 6.75. The third-order valence-corrected chi connectivity index (χ3v) is 5.63. The van der Waals surface area contributed by atoms with Gasteiger partial charge in [0.15, 0.2) is 0 Å². The predicted octanol–water partition coefficient (Wildman–Crippen LogP) is 7.96. The average molecular weight is 389 g/mol. The molecule has 152 valence electrons. The van der Waals surface area contributed by atoms with Gasteiger partial charge in [0.2, 0.25) is 0 Å². The van der Waals surface area contributed by atoms with Gasteiger partial charge in [-0.2, -0.15) is 0 Å². The normalized spacial score (nSPS) is 11.0. The smallest absolute Gasteiger partial charge is 0.131 e. The van der Waals surface area contributed by atoms with Gasteiger partial charge in [-0.1, -0.05) is 93.8 Å². The van der Waals surface area contributed by atoms with Crippen molar-refractivity contribution < 1.29 is 4.39 Å². The van der Waals surface area contributed by atoms with Gasteiger partial charge in [-0.05, 0) is 66.0 Å². The van der Waals surface area contributed by atoms with Crippen molar-refractivity contribution in [2.75, 3.05) is 0 Å². The molecule has 0 nitrogen and oxygen atoms in total. The summed E-state index contributed by atoms with van der Waals surface area (Å²) in [5.74, 6) is -0.125. The highest BCUT2D eigenvalue weighted by molar-refractivity contribution is 5.64. The quantitative estimate of drug-likeness (QED) is 0.309. The fraction of sp³-hybridized carbons (Fsp3) is 0.357. The second-order valence-electron chi connectivity index (χ2n) is 8.03. The molecule has 0 radical (unpaired) electrons. The Labute approximate surface area is 175 Å². The molecule has 0 N–H and O–H groups in total. The van der Waals surface area contributed by atoms with Crippen molar-refractivity contribution in [1.29, 1.82) is 0 Å². The van der Waals surface area contributed by atoms with Crippen molar-refractivity contribution in [1.82, 2.24) is 0 Å². The lowest BCUT2D eigenvalue weighted by molar-refractivity contribution is 0.628. The molecule has 0 unspecified atom stereocenters. The number of benzene rings is 3. The summed E-state index contributed by atoms with van der Waals surface area (Å²) in [5, 5.41) is 0. The minimum Gasteiger partial charge on any atom is -0.206 e. The Morgan fingerprint density at radius 1 is 0.552 bits per heavy atom. The van der Waals surface area contributed by atoms with E-state index in [0.29, 0.717) is 5.56 Å². The van der Waals surface area contributed by atoms with E-state index < -0.39 is 0 Å². The molecule has 0 fully saturated rings. The largest absolute Gasteiger partial charge is 0.206 e. The Hall–Kier alpha value is -2.41. The van der Waals surface area contributed by atoms with Crippen LogP contribution in [0.3, 0.4) is 0 Å². The monoisotopic (exact) mass is 388 g/mol. The third-order valence-electron chi connectivity index (χ3n) is 5.63. The second-order valence-corrected chi connectivity index (χ2v) is 8.03. The van der Waals surface area contributed by atoms with Crippen LogP contribution in [0, 0.1) is 5.82 Å². The van der Waals surface area contributed by atoms with Crippen LogP contribution in [-0.4, -0.2) is 0 Å². The molecule has 3 rings (SSSR count). The summed E-state index contributed by atoms with van der Waals surface area (Å²) in [4.78, 5) is 0. The molecular weight excluding hydrogens is 355 g/mol. The lowest BCUT2D eigenvalue weighted by Gasteiger charge is -2.09. The van der Waals surface area contributed by atoms with Crippen molar-refractivity contribution in [3.05, 3.63) is 94.8 Å². The molecule has 0 aromatic heterocycles. The van der Waals surface area contributed by atoms with E-state index in [1.54, 1.807) is 6.07 Å². The van der Waals surface area contributed by atoms with Crippen LogP contribution in [0.25, 0.3) is 11.1 Å². The zero-order valence-corrected chi connectivity index (χ0v) is 17.9. The van der Waals surface area contributed by atoms with Gasteiger partial charge in [0, 0.05) is 5.56 Å². The second kappa shape index (κ2) is 11.0. The number of aryl methyl sites for hydroxylation is 4. The average Bonchev–Trinajstić information content (AvgIpc) is 2.74. The standard InChI is InChI=1S/C28H33F/c1-3-5-6-8-23-15-18-26(19-16-23)27-20-17-25(21-28(27)29)14-13-24-11-9-22(7-4-2)10-12-24/h9-12,15-21H,3-8,13-14H2,1-2H3. The summed E-state index contributed by atoms with van der Waals surface area (Å²) in [6.07, 6.45) is 8.94. The van der Waals surface area contributed by atoms with Crippen LogP contribution in [0.4, 0.5) is 4.39 Å². The maximum absolute atomic E-state index is 14.7. The maximum atomic E-state index is 14.7. The Balaban J connectivity index is 1.60. The summed E-state index contributed by atoms with van der Waals surface area (Å²) < 4.78 is 14.7. The van der Waals surface area contributed by atoms with Gasteiger partial charge in [-0.15, -0.1) is 0 Å². The number of hydrogen-bond donors (Lipinski definition) is 0. The molecule has 0 saturated heterocycles. The highest BCUT2D eigenvalue weighted by Crippen LogP contribution is 2.25. The third kappa shape index (κ3) is 6.29. The van der Waals surface area contributed by atoms with Gasteiger partial charge in [0.1, 0.15) is 5.82 Å². The van der Waals surface area contributed by atoms with Crippen molar-refractivity contribution in [2.45, 2.75) is 65.2 Å². The summed E-state index contributed by atoms with van der Waals surface area (Å²) in [6, 6.07) is 22.9. The number of hydrogen-bond acceptors (Lipinski definition) is 0. The van der Waals surface area contributed by atoms with E-state index in [-0.39, 0.29) is 5.82 Å². The van der Waals surface area contributed by atoms with Gasteiger partial charge in [-0.25, -0.2) is 4.39 Å². The highest BCUT2D eigenvalue weighted by Gasteiger charge is 2.07. The first-order valence-electron chi connectivity index (χ1n) is 11.1. The van der Waals surface area contributed by atoms with E-state index in [9.17, 15) is 4.39 Å². The Morgan fingerprint density at radius 3 is 1.72 bits per heavy atom. The molecule has 29 heavy (non-hydrogen) atoms. The van der Waals surface area contributed by atoms with Crippen molar-refractivity contribution >= 4 is 0 Å². The van der Waals surface area contributed by atoms with Crippen molar-refractivity contribution in [3.8, 4) is 11.1 Å². The lowest BCUT2D eigenvalue weighted by atomic mass is 9.97. The zero-order chi connectivity index (χ0) is 20.5. The van der Waals surface area contributed by atoms with Crippen molar-refractivity contribution in [3.63, 3.8) is 0 Å². The molecule has 0 atom stereocenters. The minimum atomic E-state index is -0.125. The zero-order valence-electron chi connectivity index (χ0n) is 17.9. The SMILES string of the molecule is CCCCCc1ccc(-c2ccc(CCc3ccc(CCC)cc3)cc2F)cc1. The first-order valence-corrected chi connectivity index (χ1v) is 11.1. The Morgan fingerprint density at radius 2 is 1.10 bits per heavy atom. The first-order chi connectivity index (χ1) is 14.2. The van der Waals surface area contributed by atoms with Gasteiger partial charge in [-0.3, -0.25) is 0 Å². The summed E-state index contributed by atoms with van der Waals surface area (Å²) in [6.45, 7) is 4.42. The molecule has 0 saturated carbocycles. The van der Waals surface area contributed by atoms with Crippen LogP contribution in [0.2, 0.25) is 0 Å². The van der Waals surface area contributed by atoms with E-state index in [4.69, 9.17) is 0 Å². The van der Waals surface area contributed by atoms with Crippen molar-refractivity contribution in [2.24, 2.45) is 0 Å². The van der Waals surface area contributed by atoms with Crippen LogP contribution in [0.15, 0.2) is 66.7 Å². The van der Waals surface area contributed by atoms with Gasteiger partial charge in [0.05, 0.1) is 0 Å². The van der Waals surface area contributed by atoms with E-state index in [2.05, 4.69) is 68.4 Å². The molecule has 3 aromatic carbocycles. The molecule has 3 aromatic rings. The Kier molecular flexibility index (Phi) is 8.04. The van der Waals surface area contributed by atoms with E-state index >= 15 is 0 Å². The van der Waals surface area contributed by atoms with Crippen LogP contribution < -0.4 is 0 Å². The number of halogens is 1. The van der Waals surface area contributed by atoms with Gasteiger partial charge < -0.3 is 0 Å². The topological polar surface area (TPSA) is 0 Å². The van der Waals surface area contributed by atoms with Crippen LogP contribution >= 0.6 is 0 Å². The minimum absolute atomic E-state index is 0.125. The van der Waals surface area contributed by atoms with Crippen LogP contribution in [-0.2, 0) is 25.7 Å². The molecular formula is C28H33F. The fourth-order valence-electron chi connectivity index (χ4n) is 3.83. The fourth-order valence-corrected chi connectivity index (χ4v) is 3.83. The summed E-state index contributed by atoms with van der Waals surface area (Å²) >= 11 is 0. The molecule has 0 spiro atoms. The molecule has 0 heterocycles.